The van der Waals surface area contributed by atoms with Crippen molar-refractivity contribution in [1.82, 2.24) is 4.90 Å². The van der Waals surface area contributed by atoms with Gasteiger partial charge in [0, 0.05) is 26.1 Å². The Kier molecular flexibility index (Phi) is 4.32. The molecule has 4 saturated carbocycles. The average molecular weight is 281 g/mol. The fraction of sp³-hybridized carbons (Fsp3) is 0.938. The van der Waals surface area contributed by atoms with Crippen LogP contribution in [0.2, 0.25) is 0 Å². The molecule has 4 aliphatic rings. The van der Waals surface area contributed by atoms with Crippen LogP contribution in [-0.2, 0) is 9.53 Å². The van der Waals surface area contributed by atoms with Crippen LogP contribution in [0.1, 0.15) is 32.1 Å². The third-order valence-electron chi connectivity index (χ3n) is 5.76. The van der Waals surface area contributed by atoms with Gasteiger partial charge in [0.2, 0.25) is 5.91 Å². The molecule has 0 heterocycles. The van der Waals surface area contributed by atoms with Crippen molar-refractivity contribution in [2.45, 2.75) is 32.1 Å². The number of carbonyl (C=O) groups excluding carboxylic acids is 1. The van der Waals surface area contributed by atoms with Crippen molar-refractivity contribution in [3.05, 3.63) is 0 Å². The molecule has 4 rings (SSSR count). The van der Waals surface area contributed by atoms with Crippen LogP contribution in [0.15, 0.2) is 0 Å². The number of ether oxygens (including phenoxy) is 1. The molecule has 4 nitrogen and oxygen atoms in total. The summed E-state index contributed by atoms with van der Waals surface area (Å²) in [6, 6.07) is 0. The maximum atomic E-state index is 12.9. The summed E-state index contributed by atoms with van der Waals surface area (Å²) in [4.78, 5) is 14.7. The fourth-order valence-corrected chi connectivity index (χ4v) is 5.19. The molecule has 0 spiro atoms. The zero-order valence-corrected chi connectivity index (χ0v) is 12.5. The third-order valence-corrected chi connectivity index (χ3v) is 5.76. The lowest BCUT2D eigenvalue weighted by Crippen LogP contribution is -2.52. The van der Waals surface area contributed by atoms with E-state index in [1.165, 1.54) is 32.1 Å². The Morgan fingerprint density at radius 1 is 1.10 bits per heavy atom. The summed E-state index contributed by atoms with van der Waals surface area (Å²) < 4.78 is 5.10. The number of hydrogen-bond donors (Lipinski definition) is 1. The van der Waals surface area contributed by atoms with E-state index in [1.54, 1.807) is 7.11 Å². The van der Waals surface area contributed by atoms with Gasteiger partial charge in [-0.05, 0) is 55.8 Å². The molecule has 0 radical (unpaired) electrons. The first kappa shape index (κ1) is 14.3. The normalized spacial score (nSPS) is 38.2. The maximum Gasteiger partial charge on any atom is 0.226 e. The molecular formula is C16H27NO3. The van der Waals surface area contributed by atoms with E-state index >= 15 is 0 Å². The van der Waals surface area contributed by atoms with Crippen LogP contribution in [0, 0.1) is 29.6 Å². The molecule has 4 bridgehead atoms. The van der Waals surface area contributed by atoms with E-state index in [0.29, 0.717) is 31.5 Å². The molecule has 1 amide bonds. The van der Waals surface area contributed by atoms with Gasteiger partial charge in [0.05, 0.1) is 13.2 Å². The summed E-state index contributed by atoms with van der Waals surface area (Å²) in [6.45, 7) is 1.66. The van der Waals surface area contributed by atoms with Gasteiger partial charge < -0.3 is 14.7 Å². The predicted octanol–water partition coefficient (Wildman–Crippen LogP) is 1.53. The number of aliphatic hydroxyl groups excluding tert-OH is 1. The molecule has 0 aromatic heterocycles. The van der Waals surface area contributed by atoms with E-state index < -0.39 is 0 Å². The topological polar surface area (TPSA) is 49.8 Å². The molecule has 114 valence electrons. The van der Waals surface area contributed by atoms with Gasteiger partial charge in [0.25, 0.3) is 0 Å². The van der Waals surface area contributed by atoms with E-state index in [0.717, 1.165) is 11.8 Å². The van der Waals surface area contributed by atoms with Crippen LogP contribution in [0.25, 0.3) is 0 Å². The zero-order valence-electron chi connectivity index (χ0n) is 12.5. The molecule has 0 aromatic rings. The SMILES string of the molecule is COCCN(CCO)C(=O)C1C2CC3CC(C2)CC1C3. The van der Waals surface area contributed by atoms with Gasteiger partial charge in [0.1, 0.15) is 0 Å². The minimum Gasteiger partial charge on any atom is -0.395 e. The van der Waals surface area contributed by atoms with E-state index in [1.807, 2.05) is 4.90 Å². The number of aliphatic hydroxyl groups is 1. The lowest BCUT2D eigenvalue weighted by Gasteiger charge is -2.54. The van der Waals surface area contributed by atoms with Crippen molar-refractivity contribution in [2.24, 2.45) is 29.6 Å². The minimum atomic E-state index is 0.0444. The van der Waals surface area contributed by atoms with Crippen LogP contribution in [0.3, 0.4) is 0 Å². The number of hydrogen-bond acceptors (Lipinski definition) is 3. The van der Waals surface area contributed by atoms with Gasteiger partial charge in [0.15, 0.2) is 0 Å². The second kappa shape index (κ2) is 6.02. The Bertz CT molecular complexity index is 330. The van der Waals surface area contributed by atoms with Crippen LogP contribution >= 0.6 is 0 Å². The maximum absolute atomic E-state index is 12.9. The molecule has 0 unspecified atom stereocenters. The Labute approximate surface area is 121 Å². The largest absolute Gasteiger partial charge is 0.395 e. The number of rotatable bonds is 6. The van der Waals surface area contributed by atoms with Crippen LogP contribution < -0.4 is 0 Å². The molecule has 20 heavy (non-hydrogen) atoms. The summed E-state index contributed by atoms with van der Waals surface area (Å²) in [7, 11) is 1.66. The third kappa shape index (κ3) is 2.60. The molecule has 1 N–H and O–H groups in total. The molecular weight excluding hydrogens is 254 g/mol. The molecule has 4 aliphatic carbocycles. The summed E-state index contributed by atoms with van der Waals surface area (Å²) in [6.07, 6.45) is 6.47. The van der Waals surface area contributed by atoms with E-state index in [4.69, 9.17) is 4.74 Å². The average Bonchev–Trinajstić information content (AvgIpc) is 2.42. The first-order chi connectivity index (χ1) is 9.72. The smallest absolute Gasteiger partial charge is 0.226 e. The van der Waals surface area contributed by atoms with Gasteiger partial charge in [-0.2, -0.15) is 0 Å². The lowest BCUT2D eigenvalue weighted by atomic mass is 9.51. The highest BCUT2D eigenvalue weighted by Crippen LogP contribution is 2.56. The summed E-state index contributed by atoms with van der Waals surface area (Å²) in [5.41, 5.74) is 0. The Hall–Kier alpha value is -0.610. The molecule has 0 aromatic carbocycles. The van der Waals surface area contributed by atoms with Crippen LogP contribution in [-0.4, -0.2) is 49.3 Å². The van der Waals surface area contributed by atoms with Crippen LogP contribution in [0.4, 0.5) is 0 Å². The Morgan fingerprint density at radius 3 is 2.20 bits per heavy atom. The molecule has 0 saturated heterocycles. The molecule has 4 heteroatoms. The summed E-state index contributed by atoms with van der Waals surface area (Å²) in [5.74, 6) is 3.53. The fourth-order valence-electron chi connectivity index (χ4n) is 5.19. The highest BCUT2D eigenvalue weighted by Gasteiger charge is 2.51. The van der Waals surface area contributed by atoms with E-state index in [2.05, 4.69) is 0 Å². The highest BCUT2D eigenvalue weighted by atomic mass is 16.5. The van der Waals surface area contributed by atoms with Crippen molar-refractivity contribution in [3.8, 4) is 0 Å². The van der Waals surface area contributed by atoms with Gasteiger partial charge in [-0.1, -0.05) is 0 Å². The molecule has 0 aliphatic heterocycles. The number of carbonyl (C=O) groups is 1. The second-order valence-electron chi connectivity index (χ2n) is 7.00. The monoisotopic (exact) mass is 281 g/mol. The molecule has 4 fully saturated rings. The first-order valence-electron chi connectivity index (χ1n) is 8.11. The van der Waals surface area contributed by atoms with Crippen molar-refractivity contribution in [3.63, 3.8) is 0 Å². The lowest BCUT2D eigenvalue weighted by molar-refractivity contribution is -0.150. The number of amides is 1. The van der Waals surface area contributed by atoms with Crippen LogP contribution in [0.5, 0.6) is 0 Å². The zero-order chi connectivity index (χ0) is 14.1. The summed E-state index contributed by atoms with van der Waals surface area (Å²) in [5, 5.41) is 9.20. The van der Waals surface area contributed by atoms with Crippen molar-refractivity contribution in [1.29, 1.82) is 0 Å². The first-order valence-corrected chi connectivity index (χ1v) is 8.11. The number of nitrogens with zero attached hydrogens (tertiary/aromatic N) is 1. The Balaban J connectivity index is 1.68. The minimum absolute atomic E-state index is 0.0444. The summed E-state index contributed by atoms with van der Waals surface area (Å²) >= 11 is 0. The van der Waals surface area contributed by atoms with Crippen molar-refractivity contribution < 1.29 is 14.6 Å². The van der Waals surface area contributed by atoms with Crippen molar-refractivity contribution >= 4 is 5.91 Å². The number of methoxy groups -OCH3 is 1. The highest BCUT2D eigenvalue weighted by molar-refractivity contribution is 5.80. The van der Waals surface area contributed by atoms with E-state index in [-0.39, 0.29) is 18.4 Å². The quantitative estimate of drug-likeness (QED) is 0.803. The molecule has 0 atom stereocenters. The standard InChI is InChI=1S/C16H27NO3/c1-20-5-3-17(2-4-18)16(19)15-13-7-11-6-12(9-13)10-14(15)8-11/h11-15,18H,2-10H2,1H3. The Morgan fingerprint density at radius 2 is 1.70 bits per heavy atom. The van der Waals surface area contributed by atoms with Gasteiger partial charge in [-0.3, -0.25) is 4.79 Å². The van der Waals surface area contributed by atoms with E-state index in [9.17, 15) is 9.90 Å². The van der Waals surface area contributed by atoms with Gasteiger partial charge in [-0.15, -0.1) is 0 Å². The second-order valence-corrected chi connectivity index (χ2v) is 7.00. The predicted molar refractivity (Wildman–Crippen MR) is 76.1 cm³/mol. The van der Waals surface area contributed by atoms with Gasteiger partial charge >= 0.3 is 0 Å². The van der Waals surface area contributed by atoms with Crippen molar-refractivity contribution in [2.75, 3.05) is 33.4 Å². The van der Waals surface area contributed by atoms with Gasteiger partial charge in [-0.25, -0.2) is 0 Å².